The molecule has 16 heteroatoms. The fourth-order valence-electron chi connectivity index (χ4n) is 5.15. The molecule has 4 heterocycles. The Labute approximate surface area is 231 Å². The molecule has 2 aliphatic rings. The van der Waals surface area contributed by atoms with Crippen LogP contribution in [0.5, 0.6) is 0 Å². The molecule has 1 aliphatic heterocycles. The van der Waals surface area contributed by atoms with Crippen LogP contribution in [0.25, 0.3) is 27.1 Å². The van der Waals surface area contributed by atoms with Crippen molar-refractivity contribution in [1.29, 1.82) is 5.26 Å². The van der Waals surface area contributed by atoms with Crippen molar-refractivity contribution in [2.75, 3.05) is 32.1 Å². The quantitative estimate of drug-likeness (QED) is 0.344. The Hall–Kier alpha value is -3.39. The minimum absolute atomic E-state index is 0.0628. The van der Waals surface area contributed by atoms with Crippen LogP contribution >= 0.6 is 11.3 Å². The maximum absolute atomic E-state index is 15.1. The van der Waals surface area contributed by atoms with Crippen LogP contribution < -0.4 is 9.62 Å². The molecule has 0 radical (unpaired) electrons. The number of aromatic nitrogens is 5. The van der Waals surface area contributed by atoms with Gasteiger partial charge in [0.25, 0.3) is 6.43 Å². The Balaban J connectivity index is 1.54. The number of alkyl halides is 3. The van der Waals surface area contributed by atoms with Gasteiger partial charge < -0.3 is 9.80 Å². The molecule has 1 aromatic carbocycles. The second-order valence-corrected chi connectivity index (χ2v) is 12.9. The van der Waals surface area contributed by atoms with Crippen molar-refractivity contribution in [2.24, 2.45) is 0 Å². The number of halogens is 3. The number of sulfonamides is 1. The Bertz CT molecular complexity index is 1760. The summed E-state index contributed by atoms with van der Waals surface area (Å²) in [5.74, 6) is 0.447. The first kappa shape index (κ1) is 26.8. The SMILES string of the molecule is CN(C)C1CCN(c2ncnc3c2c2ccc(S(=O)(=O)NC4(C#N)CC4)cc2n3-c2nnc(C(F)F)s2)CC1F. The molecule has 3 aromatic heterocycles. The summed E-state index contributed by atoms with van der Waals surface area (Å²) in [6, 6.07) is 6.13. The number of rotatable bonds is 7. The van der Waals surface area contributed by atoms with Gasteiger partial charge in [0.1, 0.15) is 23.9 Å². The van der Waals surface area contributed by atoms with E-state index in [9.17, 15) is 22.5 Å². The molecule has 4 aromatic rings. The summed E-state index contributed by atoms with van der Waals surface area (Å²) >= 11 is 0.654. The number of hydrogen-bond acceptors (Lipinski definition) is 10. The predicted octanol–water partition coefficient (Wildman–Crippen LogP) is 3.18. The van der Waals surface area contributed by atoms with Crippen molar-refractivity contribution in [1.82, 2.24) is 34.4 Å². The smallest absolute Gasteiger partial charge is 0.291 e. The minimum atomic E-state index is -4.10. The zero-order valence-electron chi connectivity index (χ0n) is 21.4. The van der Waals surface area contributed by atoms with E-state index in [0.717, 1.165) is 0 Å². The number of hydrogen-bond donors (Lipinski definition) is 1. The molecule has 40 heavy (non-hydrogen) atoms. The number of nitrogens with zero attached hydrogens (tertiary/aromatic N) is 8. The van der Waals surface area contributed by atoms with E-state index in [2.05, 4.69) is 24.9 Å². The van der Waals surface area contributed by atoms with Crippen molar-refractivity contribution >= 4 is 49.1 Å². The average Bonchev–Trinajstić information content (AvgIpc) is 3.36. The largest absolute Gasteiger partial charge is 0.353 e. The van der Waals surface area contributed by atoms with Gasteiger partial charge in [-0.3, -0.25) is 4.57 Å². The molecule has 210 valence electrons. The lowest BCUT2D eigenvalue weighted by Crippen LogP contribution is -2.50. The van der Waals surface area contributed by atoms with Crippen molar-refractivity contribution in [3.8, 4) is 11.2 Å². The number of fused-ring (bicyclic) bond motifs is 3. The number of nitrogens with one attached hydrogen (secondary N) is 1. The zero-order chi connectivity index (χ0) is 28.4. The molecular formula is C24H24F3N9O2S2. The molecule has 1 N–H and O–H groups in total. The molecule has 11 nitrogen and oxygen atoms in total. The summed E-state index contributed by atoms with van der Waals surface area (Å²) in [4.78, 5) is 12.4. The highest BCUT2D eigenvalue weighted by Gasteiger charge is 2.47. The summed E-state index contributed by atoms with van der Waals surface area (Å²) in [5.41, 5.74) is -0.523. The second kappa shape index (κ2) is 9.61. The Kier molecular flexibility index (Phi) is 6.44. The van der Waals surface area contributed by atoms with Gasteiger partial charge in [0.15, 0.2) is 10.7 Å². The average molecular weight is 592 g/mol. The van der Waals surface area contributed by atoms with E-state index in [1.54, 1.807) is 6.07 Å². The van der Waals surface area contributed by atoms with Crippen LogP contribution in [0.15, 0.2) is 29.4 Å². The third kappa shape index (κ3) is 4.46. The molecule has 6 rings (SSSR count). The summed E-state index contributed by atoms with van der Waals surface area (Å²) in [6.45, 7) is 0.603. The van der Waals surface area contributed by atoms with Gasteiger partial charge in [0.2, 0.25) is 15.2 Å². The predicted molar refractivity (Wildman–Crippen MR) is 142 cm³/mol. The normalized spacial score (nSPS) is 21.0. The number of benzene rings is 1. The first-order chi connectivity index (χ1) is 19.0. The first-order valence-electron chi connectivity index (χ1n) is 12.5. The zero-order valence-corrected chi connectivity index (χ0v) is 23.1. The minimum Gasteiger partial charge on any atom is -0.353 e. The molecule has 2 fully saturated rings. The van der Waals surface area contributed by atoms with Crippen LogP contribution in [0, 0.1) is 11.3 Å². The van der Waals surface area contributed by atoms with Crippen molar-refractivity contribution in [3.63, 3.8) is 0 Å². The molecule has 2 atom stereocenters. The van der Waals surface area contributed by atoms with E-state index in [0.29, 0.717) is 64.9 Å². The monoisotopic (exact) mass is 591 g/mol. The first-order valence-corrected chi connectivity index (χ1v) is 14.8. The summed E-state index contributed by atoms with van der Waals surface area (Å²) < 4.78 is 72.3. The second-order valence-electron chi connectivity index (χ2n) is 10.2. The van der Waals surface area contributed by atoms with E-state index in [4.69, 9.17) is 0 Å². The topological polar surface area (TPSA) is 133 Å². The van der Waals surface area contributed by atoms with Crippen LogP contribution in [0.3, 0.4) is 0 Å². The van der Waals surface area contributed by atoms with Gasteiger partial charge in [-0.25, -0.2) is 31.6 Å². The number of piperidine rings is 1. The lowest BCUT2D eigenvalue weighted by molar-refractivity contribution is 0.136. The van der Waals surface area contributed by atoms with E-state index in [1.165, 1.54) is 23.0 Å². The summed E-state index contributed by atoms with van der Waals surface area (Å²) in [6.07, 6.45) is -1.31. The highest BCUT2D eigenvalue weighted by Crippen LogP contribution is 2.40. The molecule has 1 saturated heterocycles. The third-order valence-corrected chi connectivity index (χ3v) is 9.83. The highest BCUT2D eigenvalue weighted by molar-refractivity contribution is 7.89. The van der Waals surface area contributed by atoms with Crippen LogP contribution in [0.2, 0.25) is 0 Å². The molecular weight excluding hydrogens is 567 g/mol. The van der Waals surface area contributed by atoms with Gasteiger partial charge in [0, 0.05) is 18.0 Å². The standard InChI is InChI=1S/C24H24F3N9O2S2/c1-34(2)16-5-8-35(10-15(16)25)20-18-14-4-3-13(40(37,38)33-24(11-28)6-7-24)9-17(14)36(21(18)30-12-29-20)23-32-31-22(39-23)19(26)27/h3-4,9,12,15-16,19,33H,5-8,10H2,1-2H3. The fourth-order valence-corrected chi connectivity index (χ4v) is 7.26. The van der Waals surface area contributed by atoms with E-state index < -0.39 is 33.2 Å². The lowest BCUT2D eigenvalue weighted by atomic mass is 10.0. The van der Waals surface area contributed by atoms with Gasteiger partial charge in [-0.05, 0) is 45.5 Å². The molecule has 1 saturated carbocycles. The van der Waals surface area contributed by atoms with Crippen molar-refractivity contribution in [2.45, 2.75) is 48.3 Å². The molecule has 0 spiro atoms. The van der Waals surface area contributed by atoms with Gasteiger partial charge >= 0.3 is 0 Å². The van der Waals surface area contributed by atoms with Gasteiger partial charge in [-0.1, -0.05) is 17.4 Å². The molecule has 0 amide bonds. The van der Waals surface area contributed by atoms with Crippen molar-refractivity contribution < 1.29 is 21.6 Å². The summed E-state index contributed by atoms with van der Waals surface area (Å²) in [5, 5.41) is 17.5. The number of anilines is 1. The van der Waals surface area contributed by atoms with Crippen LogP contribution in [0.1, 0.15) is 30.7 Å². The van der Waals surface area contributed by atoms with E-state index in [1.807, 2.05) is 30.0 Å². The lowest BCUT2D eigenvalue weighted by Gasteiger charge is -2.38. The Morgan fingerprint density at radius 3 is 2.65 bits per heavy atom. The highest BCUT2D eigenvalue weighted by atomic mass is 32.2. The fraction of sp³-hybridized carbons (Fsp3) is 0.458. The number of nitriles is 1. The van der Waals surface area contributed by atoms with Crippen LogP contribution in [-0.2, 0) is 10.0 Å². The van der Waals surface area contributed by atoms with Crippen LogP contribution in [-0.4, -0.2) is 83.0 Å². The van der Waals surface area contributed by atoms with E-state index in [-0.39, 0.29) is 22.6 Å². The molecule has 1 aliphatic carbocycles. The maximum atomic E-state index is 15.1. The van der Waals surface area contributed by atoms with E-state index >= 15 is 4.39 Å². The maximum Gasteiger partial charge on any atom is 0.291 e. The van der Waals surface area contributed by atoms with Gasteiger partial charge in [0.05, 0.1) is 28.4 Å². The Morgan fingerprint density at radius 2 is 2.02 bits per heavy atom. The third-order valence-electron chi connectivity index (χ3n) is 7.38. The molecule has 2 unspecified atom stereocenters. The van der Waals surface area contributed by atoms with Gasteiger partial charge in [-0.2, -0.15) is 9.98 Å². The van der Waals surface area contributed by atoms with Gasteiger partial charge in [-0.15, -0.1) is 10.2 Å². The summed E-state index contributed by atoms with van der Waals surface area (Å²) in [7, 11) is -0.426. The van der Waals surface area contributed by atoms with Crippen molar-refractivity contribution in [3.05, 3.63) is 29.5 Å². The molecule has 0 bridgehead atoms. The van der Waals surface area contributed by atoms with Crippen LogP contribution in [0.4, 0.5) is 19.0 Å². The Morgan fingerprint density at radius 1 is 1.25 bits per heavy atom.